The highest BCUT2D eigenvalue weighted by molar-refractivity contribution is 9.10. The Morgan fingerprint density at radius 3 is 2.48 bits per heavy atom. The normalized spacial score (nSPS) is 18.0. The van der Waals surface area contributed by atoms with Crippen molar-refractivity contribution in [1.29, 1.82) is 0 Å². The predicted molar refractivity (Wildman–Crippen MR) is 91.3 cm³/mol. The minimum Gasteiger partial charge on any atom is -0.324 e. The molecule has 1 aromatic carbocycles. The Kier molecular flexibility index (Phi) is 6.68. The zero-order chi connectivity index (χ0) is 14.8. The summed E-state index contributed by atoms with van der Waals surface area (Å²) in [4.78, 5) is 0.266. The molecule has 0 aliphatic heterocycles. The molecule has 0 radical (unpaired) electrons. The van der Waals surface area contributed by atoms with Crippen LogP contribution in [0.1, 0.15) is 37.7 Å². The van der Waals surface area contributed by atoms with E-state index in [1.54, 1.807) is 18.2 Å². The molecule has 7 heteroatoms. The summed E-state index contributed by atoms with van der Waals surface area (Å²) in [6, 6.07) is 5.21. The average molecular weight is 398 g/mol. The van der Waals surface area contributed by atoms with E-state index in [0.717, 1.165) is 31.2 Å². The molecule has 0 aromatic heterocycles. The molecule has 21 heavy (non-hydrogen) atoms. The molecular weight excluding hydrogens is 376 g/mol. The van der Waals surface area contributed by atoms with Crippen LogP contribution >= 0.6 is 28.3 Å². The van der Waals surface area contributed by atoms with Crippen molar-refractivity contribution in [1.82, 2.24) is 4.72 Å². The standard InChI is InChI=1S/C14H21BrN2O2S.ClH/c1-11-5-6-13(12(15)9-11)20(18,19)17-10-14(16)7-3-2-4-8-14;/h5-6,9,17H,2-4,7-8,10,16H2,1H3;1H. The van der Waals surface area contributed by atoms with Crippen LogP contribution < -0.4 is 10.5 Å². The lowest BCUT2D eigenvalue weighted by Crippen LogP contribution is -2.51. The maximum absolute atomic E-state index is 12.4. The number of hydrogen-bond acceptors (Lipinski definition) is 3. The maximum atomic E-state index is 12.4. The molecule has 0 spiro atoms. The van der Waals surface area contributed by atoms with Crippen molar-refractivity contribution in [3.63, 3.8) is 0 Å². The van der Waals surface area contributed by atoms with Gasteiger partial charge in [-0.15, -0.1) is 12.4 Å². The Morgan fingerprint density at radius 2 is 1.90 bits per heavy atom. The first kappa shape index (κ1) is 18.9. The highest BCUT2D eigenvalue weighted by atomic mass is 79.9. The van der Waals surface area contributed by atoms with Crippen molar-refractivity contribution in [2.45, 2.75) is 49.5 Å². The van der Waals surface area contributed by atoms with Gasteiger partial charge in [0.1, 0.15) is 0 Å². The Balaban J connectivity index is 0.00000220. The van der Waals surface area contributed by atoms with Gasteiger partial charge in [-0.25, -0.2) is 13.1 Å². The van der Waals surface area contributed by atoms with Gasteiger partial charge in [0, 0.05) is 16.6 Å². The van der Waals surface area contributed by atoms with Gasteiger partial charge in [-0.05, 0) is 53.4 Å². The van der Waals surface area contributed by atoms with E-state index in [-0.39, 0.29) is 17.3 Å². The summed E-state index contributed by atoms with van der Waals surface area (Å²) in [6.07, 6.45) is 5.10. The molecule has 3 N–H and O–H groups in total. The Bertz CT molecular complexity index is 587. The highest BCUT2D eigenvalue weighted by Gasteiger charge is 2.29. The van der Waals surface area contributed by atoms with Gasteiger partial charge in [-0.3, -0.25) is 0 Å². The zero-order valence-electron chi connectivity index (χ0n) is 12.1. The molecule has 0 saturated heterocycles. The van der Waals surface area contributed by atoms with E-state index in [4.69, 9.17) is 5.73 Å². The molecule has 1 aromatic rings. The molecule has 0 atom stereocenters. The van der Waals surface area contributed by atoms with Crippen LogP contribution in [0.2, 0.25) is 0 Å². The molecule has 1 saturated carbocycles. The minimum absolute atomic E-state index is 0. The lowest BCUT2D eigenvalue weighted by atomic mass is 9.83. The third-order valence-electron chi connectivity index (χ3n) is 3.84. The Morgan fingerprint density at radius 1 is 1.29 bits per heavy atom. The lowest BCUT2D eigenvalue weighted by Gasteiger charge is -2.33. The first-order valence-corrected chi connectivity index (χ1v) is 9.15. The number of sulfonamides is 1. The summed E-state index contributed by atoms with van der Waals surface area (Å²) >= 11 is 3.31. The molecule has 2 rings (SSSR count). The molecule has 0 unspecified atom stereocenters. The monoisotopic (exact) mass is 396 g/mol. The third-order valence-corrected chi connectivity index (χ3v) is 6.22. The molecule has 0 heterocycles. The van der Waals surface area contributed by atoms with E-state index in [1.165, 1.54) is 6.42 Å². The van der Waals surface area contributed by atoms with E-state index < -0.39 is 15.6 Å². The van der Waals surface area contributed by atoms with Gasteiger partial charge in [-0.1, -0.05) is 25.3 Å². The van der Waals surface area contributed by atoms with Crippen LogP contribution in [-0.4, -0.2) is 20.5 Å². The predicted octanol–water partition coefficient (Wildman–Crippen LogP) is 3.12. The van der Waals surface area contributed by atoms with Gasteiger partial charge >= 0.3 is 0 Å². The van der Waals surface area contributed by atoms with Crippen LogP contribution in [0.15, 0.2) is 27.6 Å². The van der Waals surface area contributed by atoms with Gasteiger partial charge in [-0.2, -0.15) is 0 Å². The van der Waals surface area contributed by atoms with Crippen LogP contribution in [-0.2, 0) is 10.0 Å². The van der Waals surface area contributed by atoms with Gasteiger partial charge in [0.25, 0.3) is 0 Å². The average Bonchev–Trinajstić information content (AvgIpc) is 2.37. The third kappa shape index (κ3) is 4.93. The quantitative estimate of drug-likeness (QED) is 0.820. The SMILES string of the molecule is Cc1ccc(S(=O)(=O)NCC2(N)CCCCC2)c(Br)c1.Cl. The van der Waals surface area contributed by atoms with E-state index >= 15 is 0 Å². The first-order valence-electron chi connectivity index (χ1n) is 6.87. The van der Waals surface area contributed by atoms with Crippen LogP contribution in [0.5, 0.6) is 0 Å². The number of benzene rings is 1. The fourth-order valence-electron chi connectivity index (χ4n) is 2.57. The van der Waals surface area contributed by atoms with Crippen LogP contribution in [0.4, 0.5) is 0 Å². The van der Waals surface area contributed by atoms with E-state index in [0.29, 0.717) is 11.0 Å². The summed E-state index contributed by atoms with van der Waals surface area (Å²) in [5, 5.41) is 0. The van der Waals surface area contributed by atoms with E-state index in [1.807, 2.05) is 6.92 Å². The lowest BCUT2D eigenvalue weighted by molar-refractivity contribution is 0.296. The van der Waals surface area contributed by atoms with E-state index in [2.05, 4.69) is 20.7 Å². The Labute approximate surface area is 141 Å². The molecule has 0 amide bonds. The number of nitrogens with two attached hydrogens (primary N) is 1. The highest BCUT2D eigenvalue weighted by Crippen LogP contribution is 2.27. The molecule has 1 aliphatic rings. The van der Waals surface area contributed by atoms with Crippen molar-refractivity contribution >= 4 is 38.4 Å². The number of nitrogens with one attached hydrogen (secondary N) is 1. The number of hydrogen-bond donors (Lipinski definition) is 2. The summed E-state index contributed by atoms with van der Waals surface area (Å²) < 4.78 is 28.0. The van der Waals surface area contributed by atoms with Gasteiger partial charge in [0.2, 0.25) is 10.0 Å². The van der Waals surface area contributed by atoms with Crippen molar-refractivity contribution in [2.24, 2.45) is 5.73 Å². The largest absolute Gasteiger partial charge is 0.324 e. The zero-order valence-corrected chi connectivity index (χ0v) is 15.3. The molecule has 1 aliphatic carbocycles. The van der Waals surface area contributed by atoms with Gasteiger partial charge < -0.3 is 5.73 Å². The number of aryl methyl sites for hydroxylation is 1. The van der Waals surface area contributed by atoms with E-state index in [9.17, 15) is 8.42 Å². The summed E-state index contributed by atoms with van der Waals surface area (Å²) in [7, 11) is -3.52. The first-order chi connectivity index (χ1) is 9.32. The second-order valence-corrected chi connectivity index (χ2v) is 8.27. The van der Waals surface area contributed by atoms with Crippen molar-refractivity contribution < 1.29 is 8.42 Å². The molecular formula is C14H22BrClN2O2S. The van der Waals surface area contributed by atoms with Crippen molar-refractivity contribution in [2.75, 3.05) is 6.54 Å². The summed E-state index contributed by atoms with van der Waals surface area (Å²) in [6.45, 7) is 2.22. The van der Waals surface area contributed by atoms with Crippen molar-refractivity contribution in [3.8, 4) is 0 Å². The summed E-state index contributed by atoms with van der Waals surface area (Å²) in [5.41, 5.74) is 6.88. The van der Waals surface area contributed by atoms with Crippen LogP contribution in [0.25, 0.3) is 0 Å². The van der Waals surface area contributed by atoms with Crippen LogP contribution in [0.3, 0.4) is 0 Å². The molecule has 4 nitrogen and oxygen atoms in total. The molecule has 120 valence electrons. The fourth-order valence-corrected chi connectivity index (χ4v) is 4.90. The summed E-state index contributed by atoms with van der Waals surface area (Å²) in [5.74, 6) is 0. The second kappa shape index (κ2) is 7.42. The van der Waals surface area contributed by atoms with Crippen molar-refractivity contribution in [3.05, 3.63) is 28.2 Å². The van der Waals surface area contributed by atoms with Gasteiger partial charge in [0.15, 0.2) is 0 Å². The Hall–Kier alpha value is -0.140. The number of rotatable bonds is 4. The second-order valence-electron chi connectivity index (χ2n) is 5.68. The van der Waals surface area contributed by atoms with Crippen LogP contribution in [0, 0.1) is 6.92 Å². The smallest absolute Gasteiger partial charge is 0.241 e. The maximum Gasteiger partial charge on any atom is 0.241 e. The minimum atomic E-state index is -3.52. The van der Waals surface area contributed by atoms with Gasteiger partial charge in [0.05, 0.1) is 4.90 Å². The fraction of sp³-hybridized carbons (Fsp3) is 0.571. The molecule has 0 bridgehead atoms. The molecule has 1 fully saturated rings. The topological polar surface area (TPSA) is 72.2 Å². The number of halogens is 2.